The van der Waals surface area contributed by atoms with Crippen LogP contribution in [0.15, 0.2) is 35.4 Å². The number of carbonyl (C=O) groups is 1. The lowest BCUT2D eigenvalue weighted by atomic mass is 9.97. The molecule has 2 heterocycles. The Balaban J connectivity index is 1.58. The summed E-state index contributed by atoms with van der Waals surface area (Å²) in [5.41, 5.74) is 2.93. The number of aryl methyl sites for hydroxylation is 2. The molecule has 1 N–H and O–H groups in total. The summed E-state index contributed by atoms with van der Waals surface area (Å²) in [6.07, 6.45) is 7.23. The summed E-state index contributed by atoms with van der Waals surface area (Å²) in [7, 11) is 1.53. The van der Waals surface area contributed by atoms with Crippen molar-refractivity contribution in [2.75, 3.05) is 12.4 Å². The average molecular weight is 387 g/mol. The molecule has 1 aromatic carbocycles. The molecular formula is C19H19ClN4O3. The summed E-state index contributed by atoms with van der Waals surface area (Å²) in [5, 5.41) is 7.66. The van der Waals surface area contributed by atoms with Gasteiger partial charge >= 0.3 is 0 Å². The van der Waals surface area contributed by atoms with Crippen LogP contribution in [0.25, 0.3) is 5.52 Å². The fraction of sp³-hybridized carbons (Fsp3) is 0.316. The minimum absolute atomic E-state index is 0.0844. The van der Waals surface area contributed by atoms with Crippen molar-refractivity contribution in [3.05, 3.63) is 57.2 Å². The Morgan fingerprint density at radius 1 is 1.30 bits per heavy atom. The molecule has 3 aromatic rings. The van der Waals surface area contributed by atoms with Gasteiger partial charge in [0.2, 0.25) is 5.91 Å². The number of anilines is 1. The second kappa shape index (κ2) is 7.08. The van der Waals surface area contributed by atoms with Gasteiger partial charge in [0.1, 0.15) is 17.8 Å². The predicted octanol–water partition coefficient (Wildman–Crippen LogP) is 2.68. The Morgan fingerprint density at radius 2 is 2.11 bits per heavy atom. The van der Waals surface area contributed by atoms with E-state index in [-0.39, 0.29) is 18.0 Å². The number of hydrogen-bond donors (Lipinski definition) is 1. The molecule has 4 rings (SSSR count). The van der Waals surface area contributed by atoms with Crippen molar-refractivity contribution < 1.29 is 9.53 Å². The molecule has 8 heteroatoms. The number of carbonyl (C=O) groups excluding carboxylic acids is 1. The Kier molecular flexibility index (Phi) is 4.61. The molecule has 140 valence electrons. The van der Waals surface area contributed by atoms with Crippen LogP contribution in [0.3, 0.4) is 0 Å². The molecule has 1 aliphatic rings. The van der Waals surface area contributed by atoms with Gasteiger partial charge in [0, 0.05) is 23.6 Å². The summed E-state index contributed by atoms with van der Waals surface area (Å²) in [4.78, 5) is 25.3. The number of halogens is 1. The molecule has 0 bridgehead atoms. The van der Waals surface area contributed by atoms with Crippen molar-refractivity contribution >= 4 is 28.7 Å². The highest BCUT2D eigenvalue weighted by atomic mass is 35.5. The van der Waals surface area contributed by atoms with Crippen molar-refractivity contribution in [1.82, 2.24) is 14.2 Å². The van der Waals surface area contributed by atoms with Crippen molar-refractivity contribution in [2.24, 2.45) is 0 Å². The van der Waals surface area contributed by atoms with Crippen LogP contribution < -0.4 is 15.6 Å². The normalized spacial score (nSPS) is 13.4. The molecule has 1 amide bonds. The number of ether oxygens (including phenoxy) is 1. The van der Waals surface area contributed by atoms with Crippen molar-refractivity contribution in [3.8, 4) is 5.75 Å². The Morgan fingerprint density at radius 3 is 2.89 bits per heavy atom. The van der Waals surface area contributed by atoms with E-state index in [0.29, 0.717) is 22.0 Å². The van der Waals surface area contributed by atoms with Gasteiger partial charge in [0.05, 0.1) is 17.8 Å². The zero-order chi connectivity index (χ0) is 19.0. The largest absolute Gasteiger partial charge is 0.495 e. The first-order valence-electron chi connectivity index (χ1n) is 8.80. The van der Waals surface area contributed by atoms with E-state index in [9.17, 15) is 9.59 Å². The third kappa shape index (κ3) is 3.30. The minimum Gasteiger partial charge on any atom is -0.495 e. The van der Waals surface area contributed by atoms with E-state index in [1.54, 1.807) is 35.1 Å². The fourth-order valence-corrected chi connectivity index (χ4v) is 3.74. The summed E-state index contributed by atoms with van der Waals surface area (Å²) >= 11 is 6.08. The van der Waals surface area contributed by atoms with E-state index >= 15 is 0 Å². The monoisotopic (exact) mass is 386 g/mol. The molecule has 27 heavy (non-hydrogen) atoms. The molecule has 0 saturated carbocycles. The summed E-state index contributed by atoms with van der Waals surface area (Å²) in [6.45, 7) is -0.0844. The maximum atomic E-state index is 12.9. The molecule has 0 saturated heterocycles. The summed E-state index contributed by atoms with van der Waals surface area (Å²) < 4.78 is 8.14. The predicted molar refractivity (Wildman–Crippen MR) is 103 cm³/mol. The van der Waals surface area contributed by atoms with Gasteiger partial charge in [-0.05, 0) is 43.9 Å². The average Bonchev–Trinajstić information content (AvgIpc) is 3.03. The second-order valence-electron chi connectivity index (χ2n) is 6.55. The number of benzene rings is 1. The molecule has 1 aliphatic carbocycles. The molecule has 0 radical (unpaired) electrons. The highest BCUT2D eigenvalue weighted by Crippen LogP contribution is 2.27. The van der Waals surface area contributed by atoms with E-state index in [4.69, 9.17) is 16.3 Å². The Hall–Kier alpha value is -2.80. The number of fused-ring (bicyclic) bond motifs is 3. The lowest BCUT2D eigenvalue weighted by Gasteiger charge is -2.10. The lowest BCUT2D eigenvalue weighted by molar-refractivity contribution is -0.116. The smallest absolute Gasteiger partial charge is 0.277 e. The van der Waals surface area contributed by atoms with E-state index < -0.39 is 0 Å². The second-order valence-corrected chi connectivity index (χ2v) is 6.96. The number of rotatable bonds is 4. The van der Waals surface area contributed by atoms with Crippen molar-refractivity contribution in [1.29, 1.82) is 0 Å². The number of nitrogens with one attached hydrogen (secondary N) is 1. The van der Waals surface area contributed by atoms with Crippen LogP contribution in [-0.2, 0) is 24.2 Å². The van der Waals surface area contributed by atoms with E-state index in [2.05, 4.69) is 10.4 Å². The van der Waals surface area contributed by atoms with Crippen LogP contribution in [0, 0.1) is 0 Å². The zero-order valence-electron chi connectivity index (χ0n) is 14.9. The van der Waals surface area contributed by atoms with Gasteiger partial charge in [-0.15, -0.1) is 0 Å². The van der Waals surface area contributed by atoms with Gasteiger partial charge in [0.25, 0.3) is 5.56 Å². The summed E-state index contributed by atoms with van der Waals surface area (Å²) in [5.74, 6) is 0.220. The van der Waals surface area contributed by atoms with Gasteiger partial charge in [0.15, 0.2) is 0 Å². The quantitative estimate of drug-likeness (QED) is 0.747. The maximum absolute atomic E-state index is 12.9. The van der Waals surface area contributed by atoms with E-state index in [0.717, 1.165) is 36.9 Å². The number of aromatic nitrogens is 3. The van der Waals surface area contributed by atoms with E-state index in [1.807, 2.05) is 0 Å². The van der Waals surface area contributed by atoms with Crippen molar-refractivity contribution in [3.63, 3.8) is 0 Å². The Bertz CT molecular complexity index is 1090. The SMILES string of the molecule is COc1ccc(NC(=O)Cn2ccn3nc4c(c3c2=O)CCCC4)cc1Cl. The zero-order valence-corrected chi connectivity index (χ0v) is 15.6. The summed E-state index contributed by atoms with van der Waals surface area (Å²) in [6, 6.07) is 4.98. The highest BCUT2D eigenvalue weighted by Gasteiger charge is 2.20. The third-order valence-corrected chi connectivity index (χ3v) is 5.08. The van der Waals surface area contributed by atoms with Crippen LogP contribution in [0.2, 0.25) is 5.02 Å². The minimum atomic E-state index is -0.309. The van der Waals surface area contributed by atoms with Crippen LogP contribution in [-0.4, -0.2) is 27.2 Å². The van der Waals surface area contributed by atoms with E-state index in [1.165, 1.54) is 11.7 Å². The number of methoxy groups -OCH3 is 1. The van der Waals surface area contributed by atoms with Crippen LogP contribution in [0.5, 0.6) is 5.75 Å². The van der Waals surface area contributed by atoms with Gasteiger partial charge < -0.3 is 14.6 Å². The first-order valence-corrected chi connectivity index (χ1v) is 9.17. The lowest BCUT2D eigenvalue weighted by Crippen LogP contribution is -2.28. The number of amides is 1. The molecule has 0 aliphatic heterocycles. The standard InChI is InChI=1S/C19H19ClN4O3/c1-27-16-7-6-12(10-14(16)20)21-17(25)11-23-8-9-24-18(19(23)26)13-4-2-3-5-15(13)22-24/h6-10H,2-5,11H2,1H3,(H,21,25). The highest BCUT2D eigenvalue weighted by molar-refractivity contribution is 6.32. The topological polar surface area (TPSA) is 77.6 Å². The molecule has 7 nitrogen and oxygen atoms in total. The number of hydrogen-bond acceptors (Lipinski definition) is 4. The molecule has 0 unspecified atom stereocenters. The first kappa shape index (κ1) is 17.6. The Labute approximate surface area is 160 Å². The van der Waals surface area contributed by atoms with Gasteiger partial charge in [-0.3, -0.25) is 9.59 Å². The molecular weight excluding hydrogens is 368 g/mol. The number of nitrogens with zero attached hydrogens (tertiary/aromatic N) is 3. The first-order chi connectivity index (χ1) is 13.1. The molecule has 0 atom stereocenters. The molecule has 2 aromatic heterocycles. The molecule has 0 spiro atoms. The van der Waals surface area contributed by atoms with Gasteiger partial charge in [-0.2, -0.15) is 5.10 Å². The van der Waals surface area contributed by atoms with Crippen LogP contribution in [0.1, 0.15) is 24.1 Å². The van der Waals surface area contributed by atoms with Gasteiger partial charge in [-0.1, -0.05) is 11.6 Å². The van der Waals surface area contributed by atoms with Crippen molar-refractivity contribution in [2.45, 2.75) is 32.2 Å². The van der Waals surface area contributed by atoms with Crippen LogP contribution in [0.4, 0.5) is 5.69 Å². The van der Waals surface area contributed by atoms with Gasteiger partial charge in [-0.25, -0.2) is 4.52 Å². The maximum Gasteiger partial charge on any atom is 0.277 e. The van der Waals surface area contributed by atoms with Crippen LogP contribution >= 0.6 is 11.6 Å². The third-order valence-electron chi connectivity index (χ3n) is 4.78. The fourth-order valence-electron chi connectivity index (χ4n) is 3.48. The molecule has 0 fully saturated rings.